The molecule has 0 aliphatic heterocycles. The smallest absolute Gasteiger partial charge is 0.151 e. The third-order valence-electron chi connectivity index (χ3n) is 1.73. The Kier molecular flexibility index (Phi) is 3.72. The van der Waals surface area contributed by atoms with Crippen LogP contribution in [0.2, 0.25) is 0 Å². The van der Waals surface area contributed by atoms with E-state index in [4.69, 9.17) is 0 Å². The number of hydrogen-bond acceptors (Lipinski definition) is 1. The van der Waals surface area contributed by atoms with Crippen LogP contribution in [-0.2, 0) is 6.42 Å². The molecule has 2 heteroatoms. The van der Waals surface area contributed by atoms with Gasteiger partial charge in [0.1, 0.15) is 0 Å². The first-order valence-electron chi connectivity index (χ1n) is 4.01. The van der Waals surface area contributed by atoms with E-state index >= 15 is 0 Å². The van der Waals surface area contributed by atoms with E-state index in [1.165, 1.54) is 5.56 Å². The van der Waals surface area contributed by atoms with Crippen molar-refractivity contribution in [1.82, 2.24) is 0 Å². The van der Waals surface area contributed by atoms with Crippen molar-refractivity contribution in [2.24, 2.45) is 0 Å². The average Bonchev–Trinajstić information content (AvgIpc) is 2.05. The maximum Gasteiger partial charge on any atom is 0.151 e. The van der Waals surface area contributed by atoms with Crippen molar-refractivity contribution in [3.63, 3.8) is 0 Å². The lowest BCUT2D eigenvalue weighted by molar-refractivity contribution is 0.112. The zero-order valence-corrected chi connectivity index (χ0v) is 9.17. The lowest BCUT2D eigenvalue weighted by Gasteiger charge is -2.00. The SMILES string of the molecule is CCCc1ccc(C=O)c(I)c1. The van der Waals surface area contributed by atoms with Gasteiger partial charge in [-0.1, -0.05) is 25.5 Å². The highest BCUT2D eigenvalue weighted by molar-refractivity contribution is 14.1. The zero-order chi connectivity index (χ0) is 8.97. The summed E-state index contributed by atoms with van der Waals surface area (Å²) < 4.78 is 1.05. The molecule has 0 bridgehead atoms. The highest BCUT2D eigenvalue weighted by Crippen LogP contribution is 2.13. The summed E-state index contributed by atoms with van der Waals surface area (Å²) >= 11 is 2.19. The van der Waals surface area contributed by atoms with Gasteiger partial charge in [-0.25, -0.2) is 0 Å². The Bertz CT molecular complexity index is 281. The van der Waals surface area contributed by atoms with E-state index < -0.39 is 0 Å². The van der Waals surface area contributed by atoms with Crippen molar-refractivity contribution < 1.29 is 4.79 Å². The summed E-state index contributed by atoms with van der Waals surface area (Å²) in [4.78, 5) is 10.5. The lowest BCUT2D eigenvalue weighted by Crippen LogP contribution is -1.89. The monoisotopic (exact) mass is 274 g/mol. The van der Waals surface area contributed by atoms with Gasteiger partial charge >= 0.3 is 0 Å². The number of carbonyl (C=O) groups is 1. The second kappa shape index (κ2) is 4.60. The first-order chi connectivity index (χ1) is 5.77. The molecule has 0 aliphatic carbocycles. The van der Waals surface area contributed by atoms with Crippen molar-refractivity contribution >= 4 is 28.9 Å². The molecule has 1 rings (SSSR count). The Balaban J connectivity index is 2.93. The molecule has 0 saturated heterocycles. The van der Waals surface area contributed by atoms with Crippen LogP contribution < -0.4 is 0 Å². The molecule has 0 fully saturated rings. The first kappa shape index (κ1) is 9.71. The number of aryl methyl sites for hydroxylation is 1. The molecule has 1 aromatic rings. The summed E-state index contributed by atoms with van der Waals surface area (Å²) in [5.74, 6) is 0. The van der Waals surface area contributed by atoms with Crippen LogP contribution in [0.1, 0.15) is 29.3 Å². The first-order valence-corrected chi connectivity index (χ1v) is 5.09. The Morgan fingerprint density at radius 3 is 2.75 bits per heavy atom. The van der Waals surface area contributed by atoms with Crippen molar-refractivity contribution in [2.45, 2.75) is 19.8 Å². The van der Waals surface area contributed by atoms with Gasteiger partial charge < -0.3 is 0 Å². The maximum atomic E-state index is 10.5. The summed E-state index contributed by atoms with van der Waals surface area (Å²) in [7, 11) is 0. The summed E-state index contributed by atoms with van der Waals surface area (Å²) in [5.41, 5.74) is 2.10. The molecular formula is C10H11IO. The number of rotatable bonds is 3. The molecule has 0 spiro atoms. The van der Waals surface area contributed by atoms with Gasteiger partial charge in [0, 0.05) is 9.13 Å². The fraction of sp³-hybridized carbons (Fsp3) is 0.300. The van der Waals surface area contributed by atoms with E-state index in [2.05, 4.69) is 35.6 Å². The average molecular weight is 274 g/mol. The minimum atomic E-state index is 0.787. The van der Waals surface area contributed by atoms with Crippen molar-refractivity contribution in [2.75, 3.05) is 0 Å². The third kappa shape index (κ3) is 2.30. The lowest BCUT2D eigenvalue weighted by atomic mass is 10.1. The molecule has 0 aliphatic rings. The second-order valence-electron chi connectivity index (χ2n) is 2.72. The normalized spacial score (nSPS) is 9.83. The molecule has 1 aromatic carbocycles. The van der Waals surface area contributed by atoms with E-state index in [-0.39, 0.29) is 0 Å². The zero-order valence-electron chi connectivity index (χ0n) is 7.01. The molecule has 0 N–H and O–H groups in total. The molecule has 0 radical (unpaired) electrons. The summed E-state index contributed by atoms with van der Waals surface area (Å²) in [6.07, 6.45) is 3.14. The Hall–Kier alpha value is -0.380. The van der Waals surface area contributed by atoms with Crippen molar-refractivity contribution in [3.05, 3.63) is 32.9 Å². The van der Waals surface area contributed by atoms with Gasteiger partial charge in [0.2, 0.25) is 0 Å². The highest BCUT2D eigenvalue weighted by atomic mass is 127. The molecule has 0 heterocycles. The molecule has 0 aromatic heterocycles. The molecular weight excluding hydrogens is 263 g/mol. The van der Waals surface area contributed by atoms with Gasteiger partial charge in [0.25, 0.3) is 0 Å². The van der Waals surface area contributed by atoms with Crippen molar-refractivity contribution in [3.8, 4) is 0 Å². The quantitative estimate of drug-likeness (QED) is 0.611. The Morgan fingerprint density at radius 1 is 1.50 bits per heavy atom. The Labute approximate surface area is 86.3 Å². The minimum absolute atomic E-state index is 0.787. The van der Waals surface area contributed by atoms with Crippen LogP contribution in [0.25, 0.3) is 0 Å². The van der Waals surface area contributed by atoms with Crippen LogP contribution in [0.4, 0.5) is 0 Å². The van der Waals surface area contributed by atoms with Crippen LogP contribution in [0.15, 0.2) is 18.2 Å². The van der Waals surface area contributed by atoms with Gasteiger partial charge in [-0.15, -0.1) is 0 Å². The van der Waals surface area contributed by atoms with Crippen LogP contribution in [0, 0.1) is 3.57 Å². The van der Waals surface area contributed by atoms with E-state index in [1.54, 1.807) is 0 Å². The molecule has 0 unspecified atom stereocenters. The van der Waals surface area contributed by atoms with E-state index in [1.807, 2.05) is 12.1 Å². The molecule has 64 valence electrons. The summed E-state index contributed by atoms with van der Waals surface area (Å²) in [6, 6.07) is 5.99. The van der Waals surface area contributed by atoms with E-state index in [9.17, 15) is 4.79 Å². The van der Waals surface area contributed by atoms with Gasteiger partial charge in [-0.3, -0.25) is 4.79 Å². The van der Waals surface area contributed by atoms with Gasteiger partial charge in [-0.2, -0.15) is 0 Å². The predicted molar refractivity (Wildman–Crippen MR) is 58.5 cm³/mol. The highest BCUT2D eigenvalue weighted by Gasteiger charge is 1.98. The number of carbonyl (C=O) groups excluding carboxylic acids is 1. The standard InChI is InChI=1S/C10H11IO/c1-2-3-8-4-5-9(7-12)10(11)6-8/h4-7H,2-3H2,1H3. The van der Waals surface area contributed by atoms with Gasteiger partial charge in [0.05, 0.1) is 0 Å². The van der Waals surface area contributed by atoms with Crippen LogP contribution >= 0.6 is 22.6 Å². The third-order valence-corrected chi connectivity index (χ3v) is 2.66. The maximum absolute atomic E-state index is 10.5. The molecule has 0 atom stereocenters. The summed E-state index contributed by atoms with van der Waals surface area (Å²) in [6.45, 7) is 2.15. The number of benzene rings is 1. The molecule has 0 amide bonds. The fourth-order valence-corrected chi connectivity index (χ4v) is 1.82. The number of halogens is 1. The van der Waals surface area contributed by atoms with E-state index in [0.29, 0.717) is 0 Å². The molecule has 12 heavy (non-hydrogen) atoms. The predicted octanol–water partition coefficient (Wildman–Crippen LogP) is 3.06. The Morgan fingerprint density at radius 2 is 2.25 bits per heavy atom. The fourth-order valence-electron chi connectivity index (χ4n) is 1.11. The van der Waals surface area contributed by atoms with Crippen LogP contribution in [0.3, 0.4) is 0 Å². The van der Waals surface area contributed by atoms with Crippen LogP contribution in [0.5, 0.6) is 0 Å². The molecule has 0 saturated carbocycles. The summed E-state index contributed by atoms with van der Waals surface area (Å²) in [5, 5.41) is 0. The van der Waals surface area contributed by atoms with Crippen molar-refractivity contribution in [1.29, 1.82) is 0 Å². The van der Waals surface area contributed by atoms with Gasteiger partial charge in [0.15, 0.2) is 6.29 Å². The number of hydrogen-bond donors (Lipinski definition) is 0. The minimum Gasteiger partial charge on any atom is -0.298 e. The van der Waals surface area contributed by atoms with Crippen LogP contribution in [-0.4, -0.2) is 6.29 Å². The largest absolute Gasteiger partial charge is 0.298 e. The number of aldehydes is 1. The van der Waals surface area contributed by atoms with Gasteiger partial charge in [-0.05, 0) is 40.6 Å². The second-order valence-corrected chi connectivity index (χ2v) is 3.89. The topological polar surface area (TPSA) is 17.1 Å². The van der Waals surface area contributed by atoms with E-state index in [0.717, 1.165) is 28.3 Å². The molecule has 1 nitrogen and oxygen atoms in total.